The lowest BCUT2D eigenvalue weighted by Crippen LogP contribution is -2.20. The second-order valence-corrected chi connectivity index (χ2v) is 6.40. The Morgan fingerprint density at radius 2 is 1.88 bits per heavy atom. The molecule has 1 aliphatic rings. The van der Waals surface area contributed by atoms with Gasteiger partial charge in [-0.2, -0.15) is 5.10 Å². The summed E-state index contributed by atoms with van der Waals surface area (Å²) in [6.45, 7) is 0.188. The number of hydrogen-bond donors (Lipinski definition) is 2. The second-order valence-electron chi connectivity index (χ2n) is 5.37. The van der Waals surface area contributed by atoms with Crippen LogP contribution in [0.15, 0.2) is 65.5 Å². The summed E-state index contributed by atoms with van der Waals surface area (Å²) in [5.41, 5.74) is 2.27. The largest absolute Gasteiger partial charge is 0.509 e. The minimum absolute atomic E-state index is 0.129. The molecule has 3 aromatic rings. The van der Waals surface area contributed by atoms with Gasteiger partial charge in [-0.1, -0.05) is 42.5 Å². The first kappa shape index (κ1) is 14.6. The predicted octanol–water partition coefficient (Wildman–Crippen LogP) is 3.89. The number of aromatic nitrogens is 1. The van der Waals surface area contributed by atoms with Crippen LogP contribution in [0.25, 0.3) is 15.8 Å². The molecule has 4 rings (SSSR count). The van der Waals surface area contributed by atoms with Crippen molar-refractivity contribution in [3.05, 3.63) is 70.9 Å². The number of fused-ring (bicyclic) bond motifs is 1. The van der Waals surface area contributed by atoms with Crippen molar-refractivity contribution in [2.24, 2.45) is 5.10 Å². The lowest BCUT2D eigenvalue weighted by molar-refractivity contribution is 0.358. The Bertz CT molecular complexity index is 942. The van der Waals surface area contributed by atoms with E-state index in [2.05, 4.69) is 10.1 Å². The number of benzene rings is 2. The summed E-state index contributed by atoms with van der Waals surface area (Å²) in [5, 5.41) is 25.1. The molecule has 2 aromatic carbocycles. The van der Waals surface area contributed by atoms with Gasteiger partial charge >= 0.3 is 0 Å². The van der Waals surface area contributed by atoms with Crippen LogP contribution in [-0.4, -0.2) is 33.7 Å². The normalized spacial score (nSPS) is 15.2. The van der Waals surface area contributed by atoms with Crippen LogP contribution in [0.1, 0.15) is 10.6 Å². The molecule has 2 heterocycles. The van der Waals surface area contributed by atoms with Crippen molar-refractivity contribution >= 4 is 39.2 Å². The number of nitrogens with one attached hydrogen (secondary N) is 1. The van der Waals surface area contributed by atoms with Crippen molar-refractivity contribution in [1.82, 2.24) is 9.99 Å². The zero-order chi connectivity index (χ0) is 16.5. The summed E-state index contributed by atoms with van der Waals surface area (Å²) in [6, 6.07) is 17.5. The maximum atomic E-state index is 10.3. The molecular weight excluding hydrogens is 320 g/mol. The van der Waals surface area contributed by atoms with Gasteiger partial charge < -0.3 is 5.11 Å². The molecule has 118 valence electrons. The van der Waals surface area contributed by atoms with E-state index in [-0.39, 0.29) is 18.1 Å². The first-order chi connectivity index (χ1) is 11.7. The van der Waals surface area contributed by atoms with E-state index in [0.29, 0.717) is 10.6 Å². The van der Waals surface area contributed by atoms with Gasteiger partial charge in [-0.3, -0.25) is 5.41 Å². The van der Waals surface area contributed by atoms with Crippen LogP contribution in [0.2, 0.25) is 0 Å². The Morgan fingerprint density at radius 3 is 2.67 bits per heavy atom. The van der Waals surface area contributed by atoms with Crippen molar-refractivity contribution in [2.45, 2.75) is 0 Å². The maximum Gasteiger partial charge on any atom is 0.155 e. The van der Waals surface area contributed by atoms with Gasteiger partial charge in [0, 0.05) is 0 Å². The third kappa shape index (κ3) is 2.57. The lowest BCUT2D eigenvalue weighted by Gasteiger charge is -2.10. The molecule has 0 saturated heterocycles. The Hall–Kier alpha value is -2.99. The standard InChI is InChI=1S/C18H14N4OS/c19-17-16(18-21-13-8-4-5-9-15(13)24-18)14(23)11-22(17)20-10-12-6-2-1-3-7-12/h1-10,19,23H,11H2/b19-17?,20-10+. The van der Waals surface area contributed by atoms with Crippen LogP contribution in [0, 0.1) is 5.41 Å². The van der Waals surface area contributed by atoms with Crippen LogP contribution in [0.4, 0.5) is 0 Å². The number of hydrazone groups is 1. The highest BCUT2D eigenvalue weighted by Crippen LogP contribution is 2.33. The molecule has 1 aromatic heterocycles. The van der Waals surface area contributed by atoms with E-state index in [1.54, 1.807) is 6.21 Å². The van der Waals surface area contributed by atoms with E-state index in [9.17, 15) is 5.11 Å². The molecule has 5 nitrogen and oxygen atoms in total. The summed E-state index contributed by atoms with van der Waals surface area (Å²) < 4.78 is 1.03. The van der Waals surface area contributed by atoms with Crippen LogP contribution >= 0.6 is 11.3 Å². The van der Waals surface area contributed by atoms with Crippen molar-refractivity contribution in [2.75, 3.05) is 6.54 Å². The number of hydrogen-bond acceptors (Lipinski definition) is 5. The van der Waals surface area contributed by atoms with Crippen LogP contribution < -0.4 is 0 Å². The first-order valence-electron chi connectivity index (χ1n) is 7.46. The van der Waals surface area contributed by atoms with Crippen molar-refractivity contribution in [3.8, 4) is 0 Å². The molecule has 0 fully saturated rings. The number of para-hydroxylation sites is 1. The number of thiazole rings is 1. The van der Waals surface area contributed by atoms with Gasteiger partial charge in [0.1, 0.15) is 17.3 Å². The summed E-state index contributed by atoms with van der Waals surface area (Å²) in [5.74, 6) is 0.294. The Morgan fingerprint density at radius 1 is 1.12 bits per heavy atom. The lowest BCUT2D eigenvalue weighted by atomic mass is 10.2. The third-order valence-corrected chi connectivity index (χ3v) is 4.79. The van der Waals surface area contributed by atoms with Gasteiger partial charge in [0.05, 0.1) is 22.0 Å². The molecular formula is C18H14N4OS. The van der Waals surface area contributed by atoms with E-state index >= 15 is 0 Å². The molecule has 0 radical (unpaired) electrons. The van der Waals surface area contributed by atoms with E-state index in [1.807, 2.05) is 54.6 Å². The topological polar surface area (TPSA) is 72.6 Å². The van der Waals surface area contributed by atoms with E-state index in [0.717, 1.165) is 15.8 Å². The Labute approximate surface area is 142 Å². The highest BCUT2D eigenvalue weighted by molar-refractivity contribution is 7.19. The highest BCUT2D eigenvalue weighted by Gasteiger charge is 2.30. The average molecular weight is 334 g/mol. The number of amidine groups is 1. The van der Waals surface area contributed by atoms with Crippen LogP contribution in [0.3, 0.4) is 0 Å². The zero-order valence-electron chi connectivity index (χ0n) is 12.7. The van der Waals surface area contributed by atoms with E-state index < -0.39 is 0 Å². The second kappa shape index (κ2) is 5.90. The zero-order valence-corrected chi connectivity index (χ0v) is 13.5. The van der Waals surface area contributed by atoms with Gasteiger partial charge in [-0.15, -0.1) is 11.3 Å². The minimum Gasteiger partial charge on any atom is -0.509 e. The molecule has 0 spiro atoms. The van der Waals surface area contributed by atoms with E-state index in [4.69, 9.17) is 5.41 Å². The molecule has 2 N–H and O–H groups in total. The third-order valence-electron chi connectivity index (χ3n) is 3.74. The van der Waals surface area contributed by atoms with Gasteiger partial charge in [0.25, 0.3) is 0 Å². The Balaban J connectivity index is 1.62. The summed E-state index contributed by atoms with van der Waals surface area (Å²) in [4.78, 5) is 4.53. The molecule has 6 heteroatoms. The van der Waals surface area contributed by atoms with Crippen molar-refractivity contribution in [3.63, 3.8) is 0 Å². The molecule has 0 saturated carbocycles. The molecule has 0 bridgehead atoms. The van der Waals surface area contributed by atoms with Crippen molar-refractivity contribution < 1.29 is 5.11 Å². The SMILES string of the molecule is N=C1C(c2nc3ccccc3s2)=C(O)CN1/N=C/c1ccccc1. The van der Waals surface area contributed by atoms with Gasteiger partial charge in [0.15, 0.2) is 5.84 Å². The fourth-order valence-corrected chi connectivity index (χ4v) is 3.58. The summed E-state index contributed by atoms with van der Waals surface area (Å²) >= 11 is 1.47. The number of nitrogens with zero attached hydrogens (tertiary/aromatic N) is 3. The monoisotopic (exact) mass is 334 g/mol. The van der Waals surface area contributed by atoms with Gasteiger partial charge in [-0.25, -0.2) is 9.99 Å². The maximum absolute atomic E-state index is 10.3. The first-order valence-corrected chi connectivity index (χ1v) is 8.27. The van der Waals surface area contributed by atoms with Crippen LogP contribution in [0.5, 0.6) is 0 Å². The molecule has 0 atom stereocenters. The fourth-order valence-electron chi connectivity index (χ4n) is 2.54. The summed E-state index contributed by atoms with van der Waals surface area (Å²) in [6.07, 6.45) is 1.68. The predicted molar refractivity (Wildman–Crippen MR) is 97.6 cm³/mol. The van der Waals surface area contributed by atoms with Crippen LogP contribution in [-0.2, 0) is 0 Å². The quantitative estimate of drug-likeness (QED) is 0.714. The number of aliphatic hydroxyl groups excluding tert-OH is 1. The van der Waals surface area contributed by atoms with Crippen molar-refractivity contribution in [1.29, 1.82) is 5.41 Å². The number of rotatable bonds is 3. The summed E-state index contributed by atoms with van der Waals surface area (Å²) in [7, 11) is 0. The minimum atomic E-state index is 0.129. The van der Waals surface area contributed by atoms with E-state index in [1.165, 1.54) is 16.3 Å². The number of aliphatic hydroxyl groups is 1. The molecule has 0 aliphatic carbocycles. The molecule has 0 amide bonds. The average Bonchev–Trinajstić information content (AvgIpc) is 3.14. The highest BCUT2D eigenvalue weighted by atomic mass is 32.1. The smallest absolute Gasteiger partial charge is 0.155 e. The Kier molecular flexibility index (Phi) is 3.59. The van der Waals surface area contributed by atoms with Gasteiger partial charge in [-0.05, 0) is 17.7 Å². The molecule has 24 heavy (non-hydrogen) atoms. The molecule has 1 aliphatic heterocycles. The van der Waals surface area contributed by atoms with Gasteiger partial charge in [0.2, 0.25) is 0 Å². The molecule has 0 unspecified atom stereocenters. The fraction of sp³-hybridized carbons (Fsp3) is 0.0556.